The van der Waals surface area contributed by atoms with E-state index >= 15 is 0 Å². The molecule has 0 unspecified atom stereocenters. The van der Waals surface area contributed by atoms with Gasteiger partial charge in [-0.25, -0.2) is 0 Å². The summed E-state index contributed by atoms with van der Waals surface area (Å²) in [7, 11) is 0. The van der Waals surface area contributed by atoms with Gasteiger partial charge in [-0.05, 0) is 48.2 Å². The third-order valence-corrected chi connectivity index (χ3v) is 2.97. The fourth-order valence-electron chi connectivity index (χ4n) is 1.71. The first-order chi connectivity index (χ1) is 8.81. The van der Waals surface area contributed by atoms with Crippen LogP contribution in [0.5, 0.6) is 0 Å². The quantitative estimate of drug-likeness (QED) is 0.652. The van der Waals surface area contributed by atoms with Crippen molar-refractivity contribution in [3.8, 4) is 0 Å². The lowest BCUT2D eigenvalue weighted by molar-refractivity contribution is 1.13. The van der Waals surface area contributed by atoms with Crippen LogP contribution in [0.25, 0.3) is 0 Å². The Labute approximate surface area is 108 Å². The number of aryl methyl sites for hydroxylation is 2. The molecule has 0 saturated carbocycles. The topological polar surface area (TPSA) is 24.7 Å². The van der Waals surface area contributed by atoms with Crippen LogP contribution in [0.1, 0.15) is 25.0 Å². The molecule has 2 aromatic carbocycles. The van der Waals surface area contributed by atoms with Crippen LogP contribution in [0.3, 0.4) is 0 Å². The van der Waals surface area contributed by atoms with E-state index in [1.54, 1.807) is 0 Å². The highest BCUT2D eigenvalue weighted by Crippen LogP contribution is 2.19. The molecule has 0 bridgehead atoms. The first-order valence-electron chi connectivity index (χ1n) is 6.41. The maximum Gasteiger partial charge on any atom is 0.0857 e. The van der Waals surface area contributed by atoms with Gasteiger partial charge in [0.15, 0.2) is 0 Å². The van der Waals surface area contributed by atoms with Gasteiger partial charge >= 0.3 is 0 Å². The molecule has 0 heterocycles. The molecule has 2 heteroatoms. The van der Waals surface area contributed by atoms with E-state index < -0.39 is 0 Å². The van der Waals surface area contributed by atoms with Crippen LogP contribution in [0.2, 0.25) is 0 Å². The average Bonchev–Trinajstić information content (AvgIpc) is 2.46. The van der Waals surface area contributed by atoms with Gasteiger partial charge in [0.1, 0.15) is 0 Å². The predicted molar refractivity (Wildman–Crippen MR) is 75.8 cm³/mol. The Morgan fingerprint density at radius 1 is 0.611 bits per heavy atom. The third kappa shape index (κ3) is 3.27. The average molecular weight is 238 g/mol. The molecule has 0 fully saturated rings. The van der Waals surface area contributed by atoms with Crippen LogP contribution in [0, 0.1) is 0 Å². The smallest absolute Gasteiger partial charge is 0.0857 e. The van der Waals surface area contributed by atoms with Gasteiger partial charge in [-0.1, -0.05) is 38.1 Å². The van der Waals surface area contributed by atoms with Crippen LogP contribution in [-0.2, 0) is 12.8 Å². The van der Waals surface area contributed by atoms with Gasteiger partial charge < -0.3 is 0 Å². The molecule has 0 N–H and O–H groups in total. The highest BCUT2D eigenvalue weighted by Gasteiger charge is 1.93. The van der Waals surface area contributed by atoms with Crippen molar-refractivity contribution in [1.82, 2.24) is 0 Å². The molecule has 0 aliphatic carbocycles. The molecule has 2 rings (SSSR count). The Morgan fingerprint density at radius 3 is 1.22 bits per heavy atom. The van der Waals surface area contributed by atoms with Crippen molar-refractivity contribution in [3.63, 3.8) is 0 Å². The molecule has 0 aliphatic heterocycles. The van der Waals surface area contributed by atoms with Gasteiger partial charge in [-0.2, -0.15) is 10.2 Å². The van der Waals surface area contributed by atoms with E-state index in [0.717, 1.165) is 24.2 Å². The van der Waals surface area contributed by atoms with Crippen molar-refractivity contribution < 1.29 is 0 Å². The second-order valence-electron chi connectivity index (χ2n) is 4.24. The standard InChI is InChI=1S/C16H18N2/c1-3-13-5-9-15(10-6-13)17-18-16-11-7-14(4-2)8-12-16/h5-12H,3-4H2,1-2H3. The molecule has 2 nitrogen and oxygen atoms in total. The van der Waals surface area contributed by atoms with E-state index in [2.05, 4.69) is 48.3 Å². The van der Waals surface area contributed by atoms with E-state index in [4.69, 9.17) is 0 Å². The van der Waals surface area contributed by atoms with Gasteiger partial charge in [-0.3, -0.25) is 0 Å². The third-order valence-electron chi connectivity index (χ3n) is 2.97. The summed E-state index contributed by atoms with van der Waals surface area (Å²) in [6, 6.07) is 16.4. The lowest BCUT2D eigenvalue weighted by Gasteiger charge is -1.98. The van der Waals surface area contributed by atoms with Crippen molar-refractivity contribution in [1.29, 1.82) is 0 Å². The highest BCUT2D eigenvalue weighted by molar-refractivity contribution is 5.42. The molecule has 0 amide bonds. The van der Waals surface area contributed by atoms with Crippen LogP contribution in [-0.4, -0.2) is 0 Å². The lowest BCUT2D eigenvalue weighted by atomic mass is 10.1. The molecule has 0 atom stereocenters. The summed E-state index contributed by atoms with van der Waals surface area (Å²) >= 11 is 0. The van der Waals surface area contributed by atoms with E-state index in [-0.39, 0.29) is 0 Å². The molecule has 0 radical (unpaired) electrons. The maximum absolute atomic E-state index is 4.23. The largest absolute Gasteiger partial charge is 0.151 e. The maximum atomic E-state index is 4.23. The first-order valence-corrected chi connectivity index (χ1v) is 6.41. The number of rotatable bonds is 4. The molecule has 0 saturated heterocycles. The van der Waals surface area contributed by atoms with E-state index in [0.29, 0.717) is 0 Å². The summed E-state index contributed by atoms with van der Waals surface area (Å²) in [5.41, 5.74) is 4.43. The summed E-state index contributed by atoms with van der Waals surface area (Å²) in [6.45, 7) is 4.29. The second kappa shape index (κ2) is 6.10. The predicted octanol–water partition coefficient (Wildman–Crippen LogP) is 5.23. The second-order valence-corrected chi connectivity index (χ2v) is 4.24. The number of hydrogen-bond acceptors (Lipinski definition) is 2. The summed E-state index contributed by atoms with van der Waals surface area (Å²) in [5.74, 6) is 0. The Bertz CT molecular complexity index is 460. The minimum Gasteiger partial charge on any atom is -0.151 e. The number of nitrogens with zero attached hydrogens (tertiary/aromatic N) is 2. The monoisotopic (exact) mass is 238 g/mol. The fraction of sp³-hybridized carbons (Fsp3) is 0.250. The van der Waals surface area contributed by atoms with Gasteiger partial charge in [0, 0.05) is 0 Å². The van der Waals surface area contributed by atoms with E-state index in [1.807, 2.05) is 24.3 Å². The molecule has 0 aromatic heterocycles. The molecular weight excluding hydrogens is 220 g/mol. The zero-order valence-corrected chi connectivity index (χ0v) is 10.9. The van der Waals surface area contributed by atoms with Crippen molar-refractivity contribution in [2.24, 2.45) is 10.2 Å². The van der Waals surface area contributed by atoms with Crippen molar-refractivity contribution >= 4 is 11.4 Å². The summed E-state index contributed by atoms with van der Waals surface area (Å²) in [5, 5.41) is 8.46. The first kappa shape index (κ1) is 12.5. The minimum absolute atomic E-state index is 0.895. The fourth-order valence-corrected chi connectivity index (χ4v) is 1.71. The summed E-state index contributed by atoms with van der Waals surface area (Å²) in [4.78, 5) is 0. The molecule has 2 aromatic rings. The zero-order valence-electron chi connectivity index (χ0n) is 10.9. The Balaban J connectivity index is 2.08. The van der Waals surface area contributed by atoms with Crippen molar-refractivity contribution in [2.75, 3.05) is 0 Å². The van der Waals surface area contributed by atoms with Crippen molar-refractivity contribution in [3.05, 3.63) is 59.7 Å². The minimum atomic E-state index is 0.895. The van der Waals surface area contributed by atoms with Gasteiger partial charge in [-0.15, -0.1) is 0 Å². The number of azo groups is 1. The molecule has 92 valence electrons. The van der Waals surface area contributed by atoms with Crippen molar-refractivity contribution in [2.45, 2.75) is 26.7 Å². The van der Waals surface area contributed by atoms with E-state index in [9.17, 15) is 0 Å². The SMILES string of the molecule is CCc1ccc(N=Nc2ccc(CC)cc2)cc1. The van der Waals surface area contributed by atoms with Gasteiger partial charge in [0.25, 0.3) is 0 Å². The number of benzene rings is 2. The summed E-state index contributed by atoms with van der Waals surface area (Å²) in [6.07, 6.45) is 2.10. The summed E-state index contributed by atoms with van der Waals surface area (Å²) < 4.78 is 0. The molecule has 18 heavy (non-hydrogen) atoms. The van der Waals surface area contributed by atoms with Gasteiger partial charge in [0.05, 0.1) is 11.4 Å². The van der Waals surface area contributed by atoms with Gasteiger partial charge in [0.2, 0.25) is 0 Å². The molecular formula is C16H18N2. The Kier molecular flexibility index (Phi) is 4.24. The van der Waals surface area contributed by atoms with Crippen LogP contribution >= 0.6 is 0 Å². The van der Waals surface area contributed by atoms with E-state index in [1.165, 1.54) is 11.1 Å². The normalized spacial score (nSPS) is 11.0. The molecule has 0 aliphatic rings. The van der Waals surface area contributed by atoms with Crippen LogP contribution < -0.4 is 0 Å². The lowest BCUT2D eigenvalue weighted by Crippen LogP contribution is -1.77. The number of hydrogen-bond donors (Lipinski definition) is 0. The zero-order chi connectivity index (χ0) is 12.8. The van der Waals surface area contributed by atoms with Crippen LogP contribution in [0.15, 0.2) is 58.8 Å². The Hall–Kier alpha value is -1.96. The molecule has 0 spiro atoms. The van der Waals surface area contributed by atoms with Crippen LogP contribution in [0.4, 0.5) is 11.4 Å². The Morgan fingerprint density at radius 2 is 0.944 bits per heavy atom. The highest BCUT2D eigenvalue weighted by atomic mass is 15.1.